The highest BCUT2D eigenvalue weighted by molar-refractivity contribution is 7.90. The molecule has 6 heteroatoms. The van der Waals surface area contributed by atoms with Crippen molar-refractivity contribution in [2.24, 2.45) is 0 Å². The van der Waals surface area contributed by atoms with Crippen LogP contribution in [0.5, 0.6) is 0 Å². The number of carbonyl (C=O) groups is 1. The molecule has 0 spiro atoms. The molecule has 0 aliphatic carbocycles. The number of aromatic nitrogens is 1. The maximum absolute atomic E-state index is 13.6. The van der Waals surface area contributed by atoms with E-state index in [1.807, 2.05) is 0 Å². The zero-order chi connectivity index (χ0) is 15.0. The van der Waals surface area contributed by atoms with Crippen LogP contribution in [0, 0.1) is 5.82 Å². The van der Waals surface area contributed by atoms with Crippen LogP contribution in [0.3, 0.4) is 0 Å². The Morgan fingerprint density at radius 3 is 2.43 bits per heavy atom. The lowest BCUT2D eigenvalue weighted by Gasteiger charge is -2.08. The molecule has 4 nitrogen and oxygen atoms in total. The Balaban J connectivity index is 2.32. The Morgan fingerprint density at radius 1 is 1.05 bits per heavy atom. The molecule has 0 saturated heterocycles. The molecule has 0 unspecified atom stereocenters. The lowest BCUT2D eigenvalue weighted by molar-refractivity contribution is 0.112. The molecule has 1 aromatic heterocycles. The van der Waals surface area contributed by atoms with Crippen LogP contribution in [-0.4, -0.2) is 18.7 Å². The Labute approximate surface area is 120 Å². The molecule has 0 saturated carbocycles. The van der Waals surface area contributed by atoms with Gasteiger partial charge in [0.25, 0.3) is 10.0 Å². The number of rotatable bonds is 3. The molecule has 0 radical (unpaired) electrons. The van der Waals surface area contributed by atoms with E-state index in [1.165, 1.54) is 24.4 Å². The van der Waals surface area contributed by atoms with Gasteiger partial charge in [0.2, 0.25) is 0 Å². The van der Waals surface area contributed by atoms with E-state index in [0.717, 1.165) is 16.1 Å². The highest BCUT2D eigenvalue weighted by Crippen LogP contribution is 2.25. The van der Waals surface area contributed by atoms with Gasteiger partial charge in [-0.05, 0) is 30.3 Å². The molecule has 3 rings (SSSR count). The fraction of sp³-hybridized carbons (Fsp3) is 0. The van der Waals surface area contributed by atoms with Crippen LogP contribution < -0.4 is 0 Å². The smallest absolute Gasteiger partial charge is 0.268 e. The van der Waals surface area contributed by atoms with Crippen molar-refractivity contribution in [2.45, 2.75) is 4.90 Å². The molecule has 106 valence electrons. The number of benzene rings is 2. The van der Waals surface area contributed by atoms with Crippen LogP contribution in [0.1, 0.15) is 10.4 Å². The molecule has 0 fully saturated rings. The van der Waals surface area contributed by atoms with Gasteiger partial charge in [0, 0.05) is 17.1 Å². The van der Waals surface area contributed by atoms with E-state index in [-0.39, 0.29) is 16.0 Å². The SMILES string of the molecule is O=Cc1cc(F)cc2c1ccn2S(=O)(=O)c1ccccc1. The fourth-order valence-electron chi connectivity index (χ4n) is 2.22. The highest BCUT2D eigenvalue weighted by Gasteiger charge is 2.19. The van der Waals surface area contributed by atoms with Crippen molar-refractivity contribution < 1.29 is 17.6 Å². The quantitative estimate of drug-likeness (QED) is 0.699. The summed E-state index contributed by atoms with van der Waals surface area (Å²) in [6.45, 7) is 0. The van der Waals surface area contributed by atoms with Crippen LogP contribution in [0.2, 0.25) is 0 Å². The predicted octanol–water partition coefficient (Wildman–Crippen LogP) is 2.83. The summed E-state index contributed by atoms with van der Waals surface area (Å²) in [5.41, 5.74) is 0.257. The van der Waals surface area contributed by atoms with Crippen molar-refractivity contribution in [1.82, 2.24) is 3.97 Å². The molecule has 0 atom stereocenters. The normalized spacial score (nSPS) is 11.7. The molecule has 2 aromatic carbocycles. The van der Waals surface area contributed by atoms with Gasteiger partial charge in [0.05, 0.1) is 10.4 Å². The Bertz CT molecular complexity index is 930. The van der Waals surface area contributed by atoms with Crippen molar-refractivity contribution >= 4 is 27.2 Å². The van der Waals surface area contributed by atoms with Crippen molar-refractivity contribution in [1.29, 1.82) is 0 Å². The first-order valence-corrected chi connectivity index (χ1v) is 7.54. The summed E-state index contributed by atoms with van der Waals surface area (Å²) in [4.78, 5) is 11.1. The molecule has 0 N–H and O–H groups in total. The number of halogens is 1. The maximum Gasteiger partial charge on any atom is 0.268 e. The summed E-state index contributed by atoms with van der Waals surface area (Å²) in [5, 5.41) is 0.394. The Morgan fingerprint density at radius 2 is 1.76 bits per heavy atom. The van der Waals surface area contributed by atoms with Crippen LogP contribution in [0.4, 0.5) is 4.39 Å². The lowest BCUT2D eigenvalue weighted by Crippen LogP contribution is -2.11. The van der Waals surface area contributed by atoms with Crippen LogP contribution in [-0.2, 0) is 10.0 Å². The van der Waals surface area contributed by atoms with Gasteiger partial charge in [-0.2, -0.15) is 0 Å². The first-order valence-electron chi connectivity index (χ1n) is 6.10. The molecule has 0 bridgehead atoms. The van der Waals surface area contributed by atoms with E-state index in [4.69, 9.17) is 0 Å². The second-order valence-corrected chi connectivity index (χ2v) is 6.29. The third-order valence-electron chi connectivity index (χ3n) is 3.20. The van der Waals surface area contributed by atoms with Crippen LogP contribution >= 0.6 is 0 Å². The summed E-state index contributed by atoms with van der Waals surface area (Å²) < 4.78 is 39.7. The number of hydrogen-bond donors (Lipinski definition) is 0. The minimum absolute atomic E-state index is 0.0967. The Kier molecular flexibility index (Phi) is 3.10. The van der Waals surface area contributed by atoms with Gasteiger partial charge in [-0.25, -0.2) is 16.8 Å². The van der Waals surface area contributed by atoms with Crippen molar-refractivity contribution in [3.8, 4) is 0 Å². The van der Waals surface area contributed by atoms with Crippen molar-refractivity contribution in [2.75, 3.05) is 0 Å². The molecule has 21 heavy (non-hydrogen) atoms. The van der Waals surface area contributed by atoms with Crippen molar-refractivity contribution in [3.63, 3.8) is 0 Å². The molecule has 0 aliphatic rings. The van der Waals surface area contributed by atoms with E-state index >= 15 is 0 Å². The van der Waals surface area contributed by atoms with Crippen LogP contribution in [0.15, 0.2) is 59.6 Å². The van der Waals surface area contributed by atoms with E-state index in [0.29, 0.717) is 11.7 Å². The van der Waals surface area contributed by atoms with Crippen LogP contribution in [0.25, 0.3) is 10.9 Å². The summed E-state index contributed by atoms with van der Waals surface area (Å²) in [6, 6.07) is 11.5. The fourth-order valence-corrected chi connectivity index (χ4v) is 3.58. The second-order valence-electron chi connectivity index (χ2n) is 4.48. The highest BCUT2D eigenvalue weighted by atomic mass is 32.2. The second kappa shape index (κ2) is 4.82. The van der Waals surface area contributed by atoms with Gasteiger partial charge in [-0.3, -0.25) is 4.79 Å². The maximum atomic E-state index is 13.6. The third-order valence-corrected chi connectivity index (χ3v) is 4.90. The van der Waals surface area contributed by atoms with Crippen molar-refractivity contribution in [3.05, 3.63) is 66.1 Å². The topological polar surface area (TPSA) is 56.1 Å². The number of hydrogen-bond acceptors (Lipinski definition) is 3. The molecular weight excluding hydrogens is 293 g/mol. The molecule has 0 amide bonds. The van der Waals surface area contributed by atoms with E-state index < -0.39 is 15.8 Å². The predicted molar refractivity (Wildman–Crippen MR) is 76.3 cm³/mol. The van der Waals surface area contributed by atoms with Gasteiger partial charge < -0.3 is 0 Å². The summed E-state index contributed by atoms with van der Waals surface area (Å²) in [7, 11) is -3.83. The lowest BCUT2D eigenvalue weighted by atomic mass is 10.1. The summed E-state index contributed by atoms with van der Waals surface area (Å²) in [5.74, 6) is -0.659. The zero-order valence-electron chi connectivity index (χ0n) is 10.7. The van der Waals surface area contributed by atoms with E-state index in [2.05, 4.69) is 0 Å². The first kappa shape index (κ1) is 13.5. The first-order chi connectivity index (χ1) is 10.0. The standard InChI is InChI=1S/C15H10FNO3S/c16-12-8-11(10-18)14-6-7-17(15(14)9-12)21(19,20)13-4-2-1-3-5-13/h1-10H. The van der Waals surface area contributed by atoms with Gasteiger partial charge in [0.15, 0.2) is 6.29 Å². The van der Waals surface area contributed by atoms with Gasteiger partial charge in [-0.15, -0.1) is 0 Å². The van der Waals surface area contributed by atoms with Gasteiger partial charge in [0.1, 0.15) is 5.82 Å². The molecule has 1 heterocycles. The summed E-state index contributed by atoms with van der Waals surface area (Å²) in [6.07, 6.45) is 1.82. The largest absolute Gasteiger partial charge is 0.298 e. The minimum Gasteiger partial charge on any atom is -0.298 e. The van der Waals surface area contributed by atoms with E-state index in [9.17, 15) is 17.6 Å². The number of fused-ring (bicyclic) bond motifs is 1. The molecular formula is C15H10FNO3S. The minimum atomic E-state index is -3.83. The molecule has 0 aliphatic heterocycles. The zero-order valence-corrected chi connectivity index (χ0v) is 11.5. The third kappa shape index (κ3) is 2.13. The molecule has 3 aromatic rings. The van der Waals surface area contributed by atoms with Gasteiger partial charge >= 0.3 is 0 Å². The van der Waals surface area contributed by atoms with Gasteiger partial charge in [-0.1, -0.05) is 18.2 Å². The average molecular weight is 303 g/mol. The number of aldehydes is 1. The van der Waals surface area contributed by atoms with E-state index in [1.54, 1.807) is 18.2 Å². The number of nitrogens with zero attached hydrogens (tertiary/aromatic N) is 1. The summed E-state index contributed by atoms with van der Waals surface area (Å²) >= 11 is 0. The monoisotopic (exact) mass is 303 g/mol. The average Bonchev–Trinajstić information content (AvgIpc) is 2.91. The Hall–Kier alpha value is -2.47. The number of carbonyl (C=O) groups excluding carboxylic acids is 1.